The highest BCUT2D eigenvalue weighted by molar-refractivity contribution is 6.55. The minimum absolute atomic E-state index is 0.125. The van der Waals surface area contributed by atoms with Crippen LogP contribution in [0.2, 0.25) is 20.1 Å². The molecule has 2 amide bonds. The number of ketones is 1. The molecule has 0 saturated heterocycles. The highest BCUT2D eigenvalue weighted by atomic mass is 35.5. The Balaban J connectivity index is 1.78. The lowest BCUT2D eigenvalue weighted by atomic mass is 10.1. The van der Waals surface area contributed by atoms with Crippen molar-refractivity contribution in [2.75, 3.05) is 6.61 Å². The third kappa shape index (κ3) is 3.78. The molecule has 0 unspecified atom stereocenters. The van der Waals surface area contributed by atoms with Crippen LogP contribution >= 0.6 is 46.4 Å². The van der Waals surface area contributed by atoms with Gasteiger partial charge in [0.2, 0.25) is 0 Å². The highest BCUT2D eigenvalue weighted by Gasteiger charge is 2.45. The Bertz CT molecular complexity index is 1060. The Hall–Kier alpha value is -2.19. The predicted octanol–water partition coefficient (Wildman–Crippen LogP) is 4.85. The average Bonchev–Trinajstić information content (AvgIpc) is 2.98. The number of carbonyl (C=O) groups is 4. The number of imide groups is 1. The molecule has 0 aliphatic carbocycles. The number of benzene rings is 2. The van der Waals surface area contributed by atoms with Gasteiger partial charge in [0.05, 0.1) is 31.2 Å². The van der Waals surface area contributed by atoms with Gasteiger partial charge in [-0.05, 0) is 31.2 Å². The van der Waals surface area contributed by atoms with E-state index in [2.05, 4.69) is 0 Å². The van der Waals surface area contributed by atoms with Crippen LogP contribution in [0.5, 0.6) is 0 Å². The third-order valence-corrected chi connectivity index (χ3v) is 6.17. The van der Waals surface area contributed by atoms with E-state index in [0.717, 1.165) is 12.1 Å². The average molecular weight is 493 g/mol. The van der Waals surface area contributed by atoms with Crippen LogP contribution in [-0.2, 0) is 9.53 Å². The van der Waals surface area contributed by atoms with Crippen molar-refractivity contribution in [3.8, 4) is 0 Å². The number of nitrogens with zero attached hydrogens (tertiary/aromatic N) is 1. The fourth-order valence-corrected chi connectivity index (χ4v) is 3.81. The SMILES string of the molecule is C[C@H](C(=O)OCC(=O)c1ccc(F)cc1)N1C(=O)c2c(Cl)c(Cl)c(Cl)c(Cl)c2C1=O. The van der Waals surface area contributed by atoms with Crippen molar-refractivity contribution in [2.24, 2.45) is 0 Å². The minimum Gasteiger partial charge on any atom is -0.456 e. The molecular weight excluding hydrogens is 483 g/mol. The van der Waals surface area contributed by atoms with E-state index in [4.69, 9.17) is 51.1 Å². The molecule has 0 spiro atoms. The summed E-state index contributed by atoms with van der Waals surface area (Å²) >= 11 is 24.0. The quantitative estimate of drug-likeness (QED) is 0.196. The normalized spacial score (nSPS) is 14.0. The molecule has 156 valence electrons. The van der Waals surface area contributed by atoms with Gasteiger partial charge in [-0.25, -0.2) is 9.18 Å². The first-order valence-electron chi connectivity index (χ1n) is 8.25. The van der Waals surface area contributed by atoms with Gasteiger partial charge in [0.15, 0.2) is 12.4 Å². The summed E-state index contributed by atoms with van der Waals surface area (Å²) in [4.78, 5) is 50.5. The fraction of sp³-hybridized carbons (Fsp3) is 0.158. The lowest BCUT2D eigenvalue weighted by Gasteiger charge is -2.20. The van der Waals surface area contributed by atoms with Crippen molar-refractivity contribution in [3.05, 3.63) is 66.9 Å². The van der Waals surface area contributed by atoms with Gasteiger partial charge in [-0.3, -0.25) is 19.3 Å². The predicted molar refractivity (Wildman–Crippen MR) is 108 cm³/mol. The van der Waals surface area contributed by atoms with Crippen LogP contribution in [0, 0.1) is 5.82 Å². The van der Waals surface area contributed by atoms with Crippen molar-refractivity contribution >= 4 is 70.0 Å². The van der Waals surface area contributed by atoms with Gasteiger partial charge >= 0.3 is 5.97 Å². The third-order valence-electron chi connectivity index (χ3n) is 4.37. The summed E-state index contributed by atoms with van der Waals surface area (Å²) in [5.41, 5.74) is -0.424. The summed E-state index contributed by atoms with van der Waals surface area (Å²) in [5.74, 6) is -3.96. The molecule has 1 atom stereocenters. The lowest BCUT2D eigenvalue weighted by molar-refractivity contribution is -0.146. The number of hydrogen-bond acceptors (Lipinski definition) is 5. The first-order chi connectivity index (χ1) is 14.1. The van der Waals surface area contributed by atoms with Crippen molar-refractivity contribution in [1.82, 2.24) is 4.90 Å². The molecule has 2 aromatic carbocycles. The Morgan fingerprint density at radius 1 is 0.933 bits per heavy atom. The molecule has 30 heavy (non-hydrogen) atoms. The molecule has 0 N–H and O–H groups in total. The van der Waals surface area contributed by atoms with E-state index < -0.39 is 42.0 Å². The second-order valence-electron chi connectivity index (χ2n) is 6.20. The lowest BCUT2D eigenvalue weighted by Crippen LogP contribution is -2.44. The van der Waals surface area contributed by atoms with Crippen molar-refractivity contribution < 1.29 is 28.3 Å². The zero-order chi connectivity index (χ0) is 22.3. The maximum atomic E-state index is 12.9. The molecule has 6 nitrogen and oxygen atoms in total. The van der Waals surface area contributed by atoms with Crippen LogP contribution in [0.15, 0.2) is 24.3 Å². The number of Topliss-reactive ketones (excluding diaryl/α,β-unsaturated/α-hetero) is 1. The summed E-state index contributed by atoms with van der Waals surface area (Å²) in [7, 11) is 0. The number of amides is 2. The molecule has 0 radical (unpaired) electrons. The first kappa shape index (κ1) is 22.5. The number of ether oxygens (including phenoxy) is 1. The van der Waals surface area contributed by atoms with Gasteiger partial charge in [-0.15, -0.1) is 0 Å². The zero-order valence-corrected chi connectivity index (χ0v) is 18.0. The standard InChI is InChI=1S/C19H10Cl4FNO5/c1-7(19(29)30-6-10(26)8-2-4-9(24)5-3-8)25-17(27)11-12(18(25)28)14(21)16(23)15(22)13(11)20/h2-5,7H,6H2,1H3/t7-/m1/s1. The molecule has 11 heteroatoms. The number of hydrogen-bond donors (Lipinski definition) is 0. The summed E-state index contributed by atoms with van der Waals surface area (Å²) < 4.78 is 17.9. The van der Waals surface area contributed by atoms with Crippen LogP contribution in [0.3, 0.4) is 0 Å². The minimum atomic E-state index is -1.40. The summed E-state index contributed by atoms with van der Waals surface area (Å²) in [5, 5.41) is -0.946. The zero-order valence-electron chi connectivity index (χ0n) is 15.0. The smallest absolute Gasteiger partial charge is 0.329 e. The van der Waals surface area contributed by atoms with Crippen molar-refractivity contribution in [3.63, 3.8) is 0 Å². The molecular formula is C19H10Cl4FNO5. The Morgan fingerprint density at radius 3 is 1.87 bits per heavy atom. The first-order valence-corrected chi connectivity index (χ1v) is 9.76. The molecule has 0 aromatic heterocycles. The van der Waals surface area contributed by atoms with E-state index in [1.165, 1.54) is 19.1 Å². The van der Waals surface area contributed by atoms with Gasteiger partial charge in [-0.2, -0.15) is 0 Å². The fourth-order valence-electron chi connectivity index (χ4n) is 2.80. The number of esters is 1. The maximum absolute atomic E-state index is 12.9. The summed E-state index contributed by atoms with van der Waals surface area (Å²) in [6.07, 6.45) is 0. The molecule has 2 aromatic rings. The molecule has 0 saturated carbocycles. The van der Waals surface area contributed by atoms with Gasteiger partial charge in [0, 0.05) is 5.56 Å². The van der Waals surface area contributed by atoms with Crippen molar-refractivity contribution in [2.45, 2.75) is 13.0 Å². The van der Waals surface area contributed by atoms with Crippen LogP contribution in [0.1, 0.15) is 38.0 Å². The largest absolute Gasteiger partial charge is 0.456 e. The molecule has 0 bridgehead atoms. The van der Waals surface area contributed by atoms with E-state index in [1.807, 2.05) is 0 Å². The van der Waals surface area contributed by atoms with E-state index >= 15 is 0 Å². The Kier molecular flexibility index (Phi) is 6.38. The van der Waals surface area contributed by atoms with E-state index in [9.17, 15) is 23.6 Å². The van der Waals surface area contributed by atoms with Crippen LogP contribution < -0.4 is 0 Å². The second kappa shape index (κ2) is 8.51. The molecule has 1 heterocycles. The molecule has 0 fully saturated rings. The summed E-state index contributed by atoms with van der Waals surface area (Å²) in [6.45, 7) is 0.564. The van der Waals surface area contributed by atoms with Crippen LogP contribution in [-0.4, -0.2) is 41.1 Å². The van der Waals surface area contributed by atoms with Crippen LogP contribution in [0.4, 0.5) is 4.39 Å². The van der Waals surface area contributed by atoms with E-state index in [0.29, 0.717) is 4.90 Å². The molecule has 1 aliphatic heterocycles. The van der Waals surface area contributed by atoms with E-state index in [-0.39, 0.29) is 36.8 Å². The van der Waals surface area contributed by atoms with Crippen LogP contribution in [0.25, 0.3) is 0 Å². The van der Waals surface area contributed by atoms with E-state index in [1.54, 1.807) is 0 Å². The van der Waals surface area contributed by atoms with Crippen molar-refractivity contribution in [1.29, 1.82) is 0 Å². The number of fused-ring (bicyclic) bond motifs is 1. The Morgan fingerprint density at radius 2 is 1.40 bits per heavy atom. The molecule has 3 rings (SSSR count). The summed E-state index contributed by atoms with van der Waals surface area (Å²) in [6, 6.07) is 3.23. The number of carbonyl (C=O) groups excluding carboxylic acids is 4. The topological polar surface area (TPSA) is 80.8 Å². The van der Waals surface area contributed by atoms with Gasteiger partial charge in [-0.1, -0.05) is 46.4 Å². The number of halogens is 5. The molecule has 1 aliphatic rings. The highest BCUT2D eigenvalue weighted by Crippen LogP contribution is 2.45. The van der Waals surface area contributed by atoms with Gasteiger partial charge in [0.1, 0.15) is 11.9 Å². The van der Waals surface area contributed by atoms with Gasteiger partial charge < -0.3 is 4.74 Å². The second-order valence-corrected chi connectivity index (χ2v) is 7.71. The monoisotopic (exact) mass is 491 g/mol. The number of rotatable bonds is 5. The van der Waals surface area contributed by atoms with Gasteiger partial charge in [0.25, 0.3) is 11.8 Å². The maximum Gasteiger partial charge on any atom is 0.329 e. The Labute approximate surface area is 189 Å².